The summed E-state index contributed by atoms with van der Waals surface area (Å²) >= 11 is 0. The lowest BCUT2D eigenvalue weighted by Gasteiger charge is -2.11. The number of aryl methyl sites for hydroxylation is 1. The number of rotatable bonds is 6. The van der Waals surface area contributed by atoms with E-state index in [1.807, 2.05) is 32.9 Å². The molecule has 3 aromatic rings. The molecule has 0 aliphatic rings. The van der Waals surface area contributed by atoms with Gasteiger partial charge in [-0.05, 0) is 11.5 Å². The molecule has 7 nitrogen and oxygen atoms in total. The fourth-order valence-corrected chi connectivity index (χ4v) is 2.60. The Kier molecular flexibility index (Phi) is 5.63. The van der Waals surface area contributed by atoms with E-state index in [9.17, 15) is 4.79 Å². The number of hydrogen-bond acceptors (Lipinski definition) is 6. The van der Waals surface area contributed by atoms with Crippen LogP contribution in [0, 0.1) is 0 Å². The van der Waals surface area contributed by atoms with Crippen LogP contribution in [0.15, 0.2) is 39.4 Å². The fraction of sp³-hybridized carbons (Fsp3) is 0.429. The van der Waals surface area contributed by atoms with Crippen LogP contribution in [0.5, 0.6) is 0 Å². The van der Waals surface area contributed by atoms with Gasteiger partial charge in [0.15, 0.2) is 5.82 Å². The van der Waals surface area contributed by atoms with Crippen molar-refractivity contribution in [3.05, 3.63) is 47.5 Å². The molecule has 2 aromatic heterocycles. The van der Waals surface area contributed by atoms with Gasteiger partial charge < -0.3 is 14.4 Å². The van der Waals surface area contributed by atoms with Gasteiger partial charge in [0.2, 0.25) is 17.6 Å². The second kappa shape index (κ2) is 7.96. The van der Waals surface area contributed by atoms with Crippen molar-refractivity contribution in [1.82, 2.24) is 15.3 Å². The minimum atomic E-state index is -0.185. The van der Waals surface area contributed by atoms with Gasteiger partial charge >= 0.3 is 0 Å². The van der Waals surface area contributed by atoms with Crippen LogP contribution >= 0.6 is 0 Å². The van der Waals surface area contributed by atoms with Crippen molar-refractivity contribution in [2.75, 3.05) is 5.32 Å². The SMILES string of the molecule is CC(C)c1ccc(-c2noc(CCC(=O)Nc3cc(C(C)(C)C)on3)n2)cc1. The molecule has 0 saturated carbocycles. The molecule has 0 bridgehead atoms. The van der Waals surface area contributed by atoms with E-state index in [0.29, 0.717) is 35.6 Å². The third-order valence-corrected chi connectivity index (χ3v) is 4.39. The topological polar surface area (TPSA) is 94.1 Å². The van der Waals surface area contributed by atoms with Crippen molar-refractivity contribution in [1.29, 1.82) is 0 Å². The zero-order valence-electron chi connectivity index (χ0n) is 16.9. The molecule has 148 valence electrons. The maximum atomic E-state index is 12.1. The number of benzene rings is 1. The van der Waals surface area contributed by atoms with Crippen molar-refractivity contribution in [2.24, 2.45) is 0 Å². The van der Waals surface area contributed by atoms with Crippen molar-refractivity contribution >= 4 is 11.7 Å². The highest BCUT2D eigenvalue weighted by Gasteiger charge is 2.20. The minimum absolute atomic E-state index is 0.163. The van der Waals surface area contributed by atoms with E-state index in [0.717, 1.165) is 5.56 Å². The van der Waals surface area contributed by atoms with Crippen LogP contribution in [0.4, 0.5) is 5.82 Å². The van der Waals surface area contributed by atoms with Crippen LogP contribution in [0.3, 0.4) is 0 Å². The molecule has 0 atom stereocenters. The number of nitrogens with one attached hydrogen (secondary N) is 1. The maximum absolute atomic E-state index is 12.1. The Labute approximate surface area is 164 Å². The highest BCUT2D eigenvalue weighted by molar-refractivity contribution is 5.89. The lowest BCUT2D eigenvalue weighted by Crippen LogP contribution is -2.13. The van der Waals surface area contributed by atoms with E-state index < -0.39 is 0 Å². The van der Waals surface area contributed by atoms with Crippen LogP contribution in [0.2, 0.25) is 0 Å². The number of hydrogen-bond donors (Lipinski definition) is 1. The van der Waals surface area contributed by atoms with E-state index in [1.54, 1.807) is 6.07 Å². The van der Waals surface area contributed by atoms with Gasteiger partial charge in [0.25, 0.3) is 0 Å². The average molecular weight is 382 g/mol. The first-order valence-corrected chi connectivity index (χ1v) is 9.42. The molecular weight excluding hydrogens is 356 g/mol. The lowest BCUT2D eigenvalue weighted by atomic mass is 9.93. The van der Waals surface area contributed by atoms with E-state index in [1.165, 1.54) is 5.56 Å². The molecule has 1 aromatic carbocycles. The number of aromatic nitrogens is 3. The highest BCUT2D eigenvalue weighted by Crippen LogP contribution is 2.24. The quantitative estimate of drug-likeness (QED) is 0.663. The Morgan fingerprint density at radius 1 is 1.11 bits per heavy atom. The summed E-state index contributed by atoms with van der Waals surface area (Å²) in [5, 5.41) is 10.6. The molecular formula is C21H26N4O3. The lowest BCUT2D eigenvalue weighted by molar-refractivity contribution is -0.116. The van der Waals surface area contributed by atoms with Gasteiger partial charge in [0.1, 0.15) is 5.76 Å². The number of anilines is 1. The highest BCUT2D eigenvalue weighted by atomic mass is 16.5. The van der Waals surface area contributed by atoms with Crippen molar-refractivity contribution in [3.63, 3.8) is 0 Å². The molecule has 0 radical (unpaired) electrons. The van der Waals surface area contributed by atoms with Gasteiger partial charge in [0.05, 0.1) is 0 Å². The van der Waals surface area contributed by atoms with Crippen LogP contribution < -0.4 is 5.32 Å². The number of nitrogens with zero attached hydrogens (tertiary/aromatic N) is 3. The van der Waals surface area contributed by atoms with Gasteiger partial charge in [0, 0.05) is 29.9 Å². The molecule has 0 saturated heterocycles. The van der Waals surface area contributed by atoms with Gasteiger partial charge in [-0.25, -0.2) is 0 Å². The summed E-state index contributed by atoms with van der Waals surface area (Å²) < 4.78 is 10.5. The first-order valence-electron chi connectivity index (χ1n) is 9.42. The molecule has 3 rings (SSSR count). The Hall–Kier alpha value is -2.96. The largest absolute Gasteiger partial charge is 0.359 e. The summed E-state index contributed by atoms with van der Waals surface area (Å²) in [4.78, 5) is 16.5. The van der Waals surface area contributed by atoms with E-state index >= 15 is 0 Å². The molecule has 0 fully saturated rings. The summed E-state index contributed by atoms with van der Waals surface area (Å²) in [6, 6.07) is 9.83. The van der Waals surface area contributed by atoms with Crippen molar-refractivity contribution in [2.45, 2.75) is 58.8 Å². The minimum Gasteiger partial charge on any atom is -0.359 e. The molecule has 0 spiro atoms. The molecule has 0 aliphatic heterocycles. The molecule has 28 heavy (non-hydrogen) atoms. The summed E-state index contributed by atoms with van der Waals surface area (Å²) in [5.74, 6) is 2.36. The predicted octanol–water partition coefficient (Wildman–Crippen LogP) is 4.72. The van der Waals surface area contributed by atoms with Crippen LogP contribution in [0.25, 0.3) is 11.4 Å². The smallest absolute Gasteiger partial charge is 0.227 e. The van der Waals surface area contributed by atoms with Crippen LogP contribution in [0.1, 0.15) is 64.2 Å². The average Bonchev–Trinajstić information content (AvgIpc) is 3.29. The predicted molar refractivity (Wildman–Crippen MR) is 106 cm³/mol. The van der Waals surface area contributed by atoms with Gasteiger partial charge in [-0.3, -0.25) is 4.79 Å². The Morgan fingerprint density at radius 2 is 1.82 bits per heavy atom. The molecule has 1 amide bonds. The first kappa shape index (κ1) is 19.8. The molecule has 1 N–H and O–H groups in total. The Bertz CT molecular complexity index is 933. The van der Waals surface area contributed by atoms with E-state index in [4.69, 9.17) is 9.05 Å². The standard InChI is InChI=1S/C21H26N4O3/c1-13(2)14-6-8-15(9-7-14)20-23-19(28-25-20)11-10-18(26)22-17-12-16(27-24-17)21(3,4)5/h6-9,12-13H,10-11H2,1-5H3,(H,22,24,26). The summed E-state index contributed by atoms with van der Waals surface area (Å²) in [5.41, 5.74) is 1.98. The Morgan fingerprint density at radius 3 is 2.43 bits per heavy atom. The summed E-state index contributed by atoms with van der Waals surface area (Å²) in [6.45, 7) is 10.3. The third kappa shape index (κ3) is 4.85. The number of carbonyl (C=O) groups excluding carboxylic acids is 1. The monoisotopic (exact) mass is 382 g/mol. The zero-order chi connectivity index (χ0) is 20.3. The first-order chi connectivity index (χ1) is 13.2. The summed E-state index contributed by atoms with van der Waals surface area (Å²) in [7, 11) is 0. The second-order valence-corrected chi connectivity index (χ2v) is 8.16. The van der Waals surface area contributed by atoms with Crippen LogP contribution in [-0.2, 0) is 16.6 Å². The molecule has 2 heterocycles. The van der Waals surface area contributed by atoms with Gasteiger partial charge in [-0.15, -0.1) is 0 Å². The Balaban J connectivity index is 1.55. The summed E-state index contributed by atoms with van der Waals surface area (Å²) in [6.07, 6.45) is 0.568. The van der Waals surface area contributed by atoms with E-state index in [2.05, 4.69) is 46.6 Å². The number of amides is 1. The van der Waals surface area contributed by atoms with Gasteiger partial charge in [-0.2, -0.15) is 4.98 Å². The van der Waals surface area contributed by atoms with E-state index in [-0.39, 0.29) is 17.7 Å². The fourth-order valence-electron chi connectivity index (χ4n) is 2.60. The zero-order valence-corrected chi connectivity index (χ0v) is 16.9. The molecule has 0 unspecified atom stereocenters. The molecule has 0 aliphatic carbocycles. The third-order valence-electron chi connectivity index (χ3n) is 4.39. The molecule has 7 heteroatoms. The van der Waals surface area contributed by atoms with Gasteiger partial charge in [-0.1, -0.05) is 69.2 Å². The number of carbonyl (C=O) groups is 1. The van der Waals surface area contributed by atoms with Crippen LogP contribution in [-0.4, -0.2) is 21.2 Å². The second-order valence-electron chi connectivity index (χ2n) is 8.16. The van der Waals surface area contributed by atoms with Crippen molar-refractivity contribution in [3.8, 4) is 11.4 Å². The maximum Gasteiger partial charge on any atom is 0.227 e. The van der Waals surface area contributed by atoms with Crippen molar-refractivity contribution < 1.29 is 13.8 Å². The normalized spacial score (nSPS) is 11.8.